The Morgan fingerprint density at radius 2 is 2.17 bits per heavy atom. The molecule has 1 fully saturated rings. The van der Waals surface area contributed by atoms with Crippen molar-refractivity contribution in [2.45, 2.75) is 26.2 Å². The van der Waals surface area contributed by atoms with Crippen LogP contribution in [0.2, 0.25) is 0 Å². The minimum absolute atomic E-state index is 0.841. The van der Waals surface area contributed by atoms with E-state index in [-0.39, 0.29) is 0 Å². The molecule has 0 radical (unpaired) electrons. The van der Waals surface area contributed by atoms with Gasteiger partial charge in [-0.2, -0.15) is 0 Å². The van der Waals surface area contributed by atoms with E-state index in [1.165, 1.54) is 32.4 Å². The number of nitrogens with zero attached hydrogens (tertiary/aromatic N) is 1. The summed E-state index contributed by atoms with van der Waals surface area (Å²) in [5.74, 6) is 1.87. The second-order valence-electron chi connectivity index (χ2n) is 4.09. The molecule has 0 bridgehead atoms. The molecule has 0 aromatic carbocycles. The highest BCUT2D eigenvalue weighted by Crippen LogP contribution is 2.29. The third-order valence-corrected chi connectivity index (χ3v) is 3.55. The third-order valence-electron chi connectivity index (χ3n) is 2.63. The van der Waals surface area contributed by atoms with Gasteiger partial charge in [-0.1, -0.05) is 29.3 Å². The molecule has 1 atom stereocenters. The van der Waals surface area contributed by atoms with Crippen molar-refractivity contribution in [1.82, 2.24) is 4.90 Å². The van der Waals surface area contributed by atoms with Gasteiger partial charge in [0.05, 0.1) is 0 Å². The molecule has 1 saturated carbocycles. The molecule has 0 aromatic rings. The van der Waals surface area contributed by atoms with Crippen LogP contribution >= 0.6 is 15.9 Å². The van der Waals surface area contributed by atoms with Crippen LogP contribution in [0.4, 0.5) is 0 Å². The van der Waals surface area contributed by atoms with Gasteiger partial charge in [-0.3, -0.25) is 0 Å². The maximum Gasteiger partial charge on any atom is 0.00717 e. The largest absolute Gasteiger partial charge is 0.306 e. The van der Waals surface area contributed by atoms with Crippen molar-refractivity contribution in [3.63, 3.8) is 0 Å². The minimum Gasteiger partial charge on any atom is -0.306 e. The summed E-state index contributed by atoms with van der Waals surface area (Å²) in [7, 11) is 2.25. The zero-order valence-electron chi connectivity index (χ0n) is 8.22. The van der Waals surface area contributed by atoms with Gasteiger partial charge in [-0.05, 0) is 31.7 Å². The molecule has 0 spiro atoms. The molecule has 72 valence electrons. The van der Waals surface area contributed by atoms with Crippen LogP contribution in [0.3, 0.4) is 0 Å². The minimum atomic E-state index is 0.841. The van der Waals surface area contributed by atoms with Gasteiger partial charge >= 0.3 is 0 Å². The lowest BCUT2D eigenvalue weighted by Gasteiger charge is -2.21. The first-order valence-corrected chi connectivity index (χ1v) is 6.12. The lowest BCUT2D eigenvalue weighted by atomic mass is 10.1. The van der Waals surface area contributed by atoms with E-state index in [2.05, 4.69) is 34.8 Å². The fourth-order valence-corrected chi connectivity index (χ4v) is 2.21. The molecule has 0 saturated heterocycles. The average Bonchev–Trinajstić information content (AvgIpc) is 2.84. The first-order chi connectivity index (χ1) is 5.76. The maximum atomic E-state index is 3.56. The first-order valence-electron chi connectivity index (χ1n) is 5.00. The van der Waals surface area contributed by atoms with Gasteiger partial charge in [0.25, 0.3) is 0 Å². The Balaban J connectivity index is 2.09. The molecule has 0 aliphatic heterocycles. The number of hydrogen-bond acceptors (Lipinski definition) is 1. The molecule has 1 unspecified atom stereocenters. The van der Waals surface area contributed by atoms with Gasteiger partial charge in [0, 0.05) is 18.4 Å². The Bertz CT molecular complexity index is 119. The summed E-state index contributed by atoms with van der Waals surface area (Å²) in [6.07, 6.45) is 4.23. The highest BCUT2D eigenvalue weighted by Gasteiger charge is 2.23. The molecule has 1 nitrogen and oxygen atoms in total. The van der Waals surface area contributed by atoms with E-state index in [9.17, 15) is 0 Å². The number of hydrogen-bond donors (Lipinski definition) is 0. The van der Waals surface area contributed by atoms with Crippen LogP contribution < -0.4 is 0 Å². The van der Waals surface area contributed by atoms with Gasteiger partial charge in [-0.15, -0.1) is 0 Å². The summed E-state index contributed by atoms with van der Waals surface area (Å²) in [6.45, 7) is 4.86. The summed E-state index contributed by atoms with van der Waals surface area (Å²) in [5, 5.41) is 1.15. The molecule has 12 heavy (non-hydrogen) atoms. The average molecular weight is 234 g/mol. The van der Waals surface area contributed by atoms with E-state index in [0.717, 1.165) is 17.2 Å². The second kappa shape index (κ2) is 5.23. The maximum absolute atomic E-state index is 3.56. The Hall–Kier alpha value is 0.440. The molecule has 2 heteroatoms. The van der Waals surface area contributed by atoms with Crippen LogP contribution in [0.5, 0.6) is 0 Å². The smallest absolute Gasteiger partial charge is 0.00717 e. The fourth-order valence-electron chi connectivity index (χ4n) is 1.54. The lowest BCUT2D eigenvalue weighted by Crippen LogP contribution is -2.28. The number of halogens is 1. The molecule has 1 aliphatic carbocycles. The van der Waals surface area contributed by atoms with Crippen LogP contribution in [0.1, 0.15) is 26.2 Å². The molecule has 0 aromatic heterocycles. The van der Waals surface area contributed by atoms with Crippen molar-refractivity contribution in [3.05, 3.63) is 0 Å². The molecular formula is C10H20BrN. The summed E-state index contributed by atoms with van der Waals surface area (Å²) < 4.78 is 0. The van der Waals surface area contributed by atoms with Crippen LogP contribution in [0.25, 0.3) is 0 Å². The van der Waals surface area contributed by atoms with E-state index in [1.807, 2.05) is 0 Å². The van der Waals surface area contributed by atoms with Crippen molar-refractivity contribution in [3.8, 4) is 0 Å². The van der Waals surface area contributed by atoms with Crippen LogP contribution in [-0.2, 0) is 0 Å². The van der Waals surface area contributed by atoms with Gasteiger partial charge in [-0.25, -0.2) is 0 Å². The van der Waals surface area contributed by atoms with Crippen LogP contribution in [-0.4, -0.2) is 30.4 Å². The Morgan fingerprint density at radius 1 is 1.50 bits per heavy atom. The van der Waals surface area contributed by atoms with Gasteiger partial charge < -0.3 is 4.90 Å². The van der Waals surface area contributed by atoms with Gasteiger partial charge in [0.15, 0.2) is 0 Å². The first kappa shape index (κ1) is 10.5. The van der Waals surface area contributed by atoms with Crippen LogP contribution in [0.15, 0.2) is 0 Å². The molecule has 0 amide bonds. The zero-order valence-corrected chi connectivity index (χ0v) is 9.81. The lowest BCUT2D eigenvalue weighted by molar-refractivity contribution is 0.275. The molecule has 1 rings (SSSR count). The van der Waals surface area contributed by atoms with E-state index < -0.39 is 0 Å². The normalized spacial score (nSPS) is 20.0. The van der Waals surface area contributed by atoms with E-state index in [0.29, 0.717) is 0 Å². The Labute approximate surface area is 84.6 Å². The molecular weight excluding hydrogens is 214 g/mol. The second-order valence-corrected chi connectivity index (χ2v) is 4.74. The van der Waals surface area contributed by atoms with E-state index >= 15 is 0 Å². The predicted octanol–water partition coefficient (Wildman–Crippen LogP) is 2.75. The van der Waals surface area contributed by atoms with Crippen molar-refractivity contribution >= 4 is 15.9 Å². The zero-order chi connectivity index (χ0) is 8.97. The summed E-state index contributed by atoms with van der Waals surface area (Å²) in [4.78, 5) is 2.49. The molecule has 1 aliphatic rings. The summed E-state index contributed by atoms with van der Waals surface area (Å²) in [6, 6.07) is 0. The van der Waals surface area contributed by atoms with E-state index in [1.54, 1.807) is 0 Å². The summed E-state index contributed by atoms with van der Waals surface area (Å²) in [5.41, 5.74) is 0. The van der Waals surface area contributed by atoms with Crippen LogP contribution in [0, 0.1) is 11.8 Å². The molecule has 0 N–H and O–H groups in total. The molecule has 0 heterocycles. The van der Waals surface area contributed by atoms with Crippen molar-refractivity contribution in [1.29, 1.82) is 0 Å². The Kier molecular flexibility index (Phi) is 4.59. The van der Waals surface area contributed by atoms with Gasteiger partial charge in [0.1, 0.15) is 0 Å². The third kappa shape index (κ3) is 3.90. The monoisotopic (exact) mass is 233 g/mol. The van der Waals surface area contributed by atoms with E-state index in [4.69, 9.17) is 0 Å². The number of rotatable bonds is 6. The predicted molar refractivity (Wildman–Crippen MR) is 57.8 cm³/mol. The fraction of sp³-hybridized carbons (Fsp3) is 1.00. The highest BCUT2D eigenvalue weighted by atomic mass is 79.9. The van der Waals surface area contributed by atoms with Crippen molar-refractivity contribution in [2.75, 3.05) is 25.5 Å². The standard InChI is InChI=1S/C10H20BrN/c1-3-9(6-11)7-12(2)8-10-4-5-10/h9-10H,3-8H2,1-2H3. The SMILES string of the molecule is CCC(CBr)CN(C)CC1CC1. The number of alkyl halides is 1. The topological polar surface area (TPSA) is 3.24 Å². The van der Waals surface area contributed by atoms with Crippen molar-refractivity contribution in [2.24, 2.45) is 11.8 Å². The van der Waals surface area contributed by atoms with Crippen molar-refractivity contribution < 1.29 is 0 Å². The highest BCUT2D eigenvalue weighted by molar-refractivity contribution is 9.09. The van der Waals surface area contributed by atoms with Gasteiger partial charge in [0.2, 0.25) is 0 Å². The Morgan fingerprint density at radius 3 is 2.58 bits per heavy atom. The summed E-state index contributed by atoms with van der Waals surface area (Å²) >= 11 is 3.56. The quantitative estimate of drug-likeness (QED) is 0.639.